The standard InChI is InChI=1S/2C2H3O.2CH4.Cd.O/c2*1-2-3;;;;/h2*1H3;2*1H4;;/q2*-1;;;;. The molecule has 0 fully saturated rings. The van der Waals surface area contributed by atoms with E-state index in [1.54, 1.807) is 0 Å². The van der Waals surface area contributed by atoms with Crippen molar-refractivity contribution in [3.05, 3.63) is 0 Å². The molecular formula is C6H14CdO3-2. The van der Waals surface area contributed by atoms with Gasteiger partial charge in [0.25, 0.3) is 0 Å². The molecule has 0 radical (unpaired) electrons. The van der Waals surface area contributed by atoms with Gasteiger partial charge >= 0.3 is 28.5 Å². The summed E-state index contributed by atoms with van der Waals surface area (Å²) in [5, 5.41) is 0. The van der Waals surface area contributed by atoms with Crippen molar-refractivity contribution in [2.24, 2.45) is 0 Å². The van der Waals surface area contributed by atoms with E-state index in [4.69, 9.17) is 12.3 Å². The van der Waals surface area contributed by atoms with Gasteiger partial charge in [-0.1, -0.05) is 14.9 Å². The van der Waals surface area contributed by atoms with E-state index in [9.17, 15) is 0 Å². The molecule has 0 aliphatic rings. The van der Waals surface area contributed by atoms with Gasteiger partial charge in [0.2, 0.25) is 0 Å². The second kappa shape index (κ2) is 139. The van der Waals surface area contributed by atoms with Crippen molar-refractivity contribution in [3.63, 3.8) is 0 Å². The molecule has 3 nitrogen and oxygen atoms in total. The molecule has 60 valence electrons. The monoisotopic (exact) mass is 248 g/mol. The molecule has 0 aromatic heterocycles. The molecule has 0 rings (SSSR count). The van der Waals surface area contributed by atoms with Gasteiger partial charge in [-0.3, -0.25) is 12.6 Å². The topological polar surface area (TPSA) is 51.2 Å². The zero-order chi connectivity index (χ0) is 7.41. The SMILES string of the molecule is C.C.C[C-]=O.C[C-]=O.[O]=[Cd]. The fourth-order valence-electron chi connectivity index (χ4n) is 0. The maximum absolute atomic E-state index is 8.68. The minimum absolute atomic E-state index is 0. The molecule has 10 heavy (non-hydrogen) atoms. The third-order valence-electron chi connectivity index (χ3n) is 0. The van der Waals surface area contributed by atoms with Gasteiger partial charge in [-0.2, -0.15) is 13.8 Å². The Labute approximate surface area is 79.4 Å². The van der Waals surface area contributed by atoms with Crippen LogP contribution in [-0.4, -0.2) is 12.6 Å². The molecule has 0 N–H and O–H groups in total. The van der Waals surface area contributed by atoms with Crippen molar-refractivity contribution in [3.8, 4) is 0 Å². The Morgan fingerprint density at radius 2 is 0.900 bits per heavy atom. The van der Waals surface area contributed by atoms with E-state index in [0.717, 1.165) is 0 Å². The van der Waals surface area contributed by atoms with E-state index in [1.165, 1.54) is 26.4 Å². The number of hydrogen-bond donors (Lipinski definition) is 0. The van der Waals surface area contributed by atoms with Crippen molar-refractivity contribution in [1.29, 1.82) is 0 Å². The maximum atomic E-state index is 8.68. The Hall–Kier alpha value is 0.0621. The Balaban J connectivity index is -0.0000000116. The predicted octanol–water partition coefficient (Wildman–Crippen LogP) is 1.38. The molecule has 0 saturated heterocycles. The van der Waals surface area contributed by atoms with Crippen LogP contribution in [0, 0.1) is 0 Å². The molecule has 0 saturated carbocycles. The van der Waals surface area contributed by atoms with Crippen molar-refractivity contribution in [1.82, 2.24) is 0 Å². The molecule has 0 unspecified atom stereocenters. The summed E-state index contributed by atoms with van der Waals surface area (Å²) in [6, 6.07) is 0. The summed E-state index contributed by atoms with van der Waals surface area (Å²) in [4.78, 5) is 17.4. The molecule has 0 spiro atoms. The first-order chi connectivity index (χ1) is 3.83. The van der Waals surface area contributed by atoms with Crippen LogP contribution in [0.3, 0.4) is 0 Å². The first kappa shape index (κ1) is 32.2. The average Bonchev–Trinajstić information content (AvgIpc) is 1.75. The van der Waals surface area contributed by atoms with Gasteiger partial charge in [0.15, 0.2) is 0 Å². The molecule has 4 heteroatoms. The zero-order valence-corrected chi connectivity index (χ0v) is 8.97. The third-order valence-corrected chi connectivity index (χ3v) is 0. The van der Waals surface area contributed by atoms with Crippen LogP contribution in [0.2, 0.25) is 0 Å². The van der Waals surface area contributed by atoms with Crippen molar-refractivity contribution < 1.29 is 38.1 Å². The van der Waals surface area contributed by atoms with E-state index in [2.05, 4.69) is 0 Å². The Morgan fingerprint density at radius 1 is 0.900 bits per heavy atom. The zero-order valence-electron chi connectivity index (χ0n) is 4.93. The van der Waals surface area contributed by atoms with Gasteiger partial charge in [0, 0.05) is 0 Å². The Bertz CT molecular complexity index is 42.3. The second-order valence-electron chi connectivity index (χ2n) is 0.408. The third kappa shape index (κ3) is 104000. The predicted molar refractivity (Wildman–Crippen MR) is 36.9 cm³/mol. The Morgan fingerprint density at radius 3 is 0.900 bits per heavy atom. The van der Waals surface area contributed by atoms with Gasteiger partial charge in [-0.25, -0.2) is 0 Å². The summed E-state index contributed by atoms with van der Waals surface area (Å²) in [6.07, 6.45) is 3.00. The van der Waals surface area contributed by atoms with E-state index in [0.29, 0.717) is 0 Å². The molecule has 0 amide bonds. The van der Waals surface area contributed by atoms with Crippen LogP contribution in [0.1, 0.15) is 28.7 Å². The van der Waals surface area contributed by atoms with Gasteiger partial charge in [-0.15, -0.1) is 0 Å². The number of rotatable bonds is 0. The molecule has 0 atom stereocenters. The van der Waals surface area contributed by atoms with E-state index in [1.807, 2.05) is 0 Å². The normalized spacial score (nSPS) is 3.20. The molecule has 0 aromatic rings. The number of hydrogen-bond acceptors (Lipinski definition) is 3. The van der Waals surface area contributed by atoms with Crippen LogP contribution in [0.4, 0.5) is 0 Å². The Kier molecular flexibility index (Phi) is 447. The fraction of sp³-hybridized carbons (Fsp3) is 0.667. The summed E-state index contributed by atoms with van der Waals surface area (Å²) in [7, 11) is 0. The fourth-order valence-corrected chi connectivity index (χ4v) is 0. The van der Waals surface area contributed by atoms with E-state index >= 15 is 0 Å². The van der Waals surface area contributed by atoms with Crippen molar-refractivity contribution in [2.45, 2.75) is 28.7 Å². The summed E-state index contributed by atoms with van der Waals surface area (Å²) < 4.78 is 8.42. The first-order valence-corrected chi connectivity index (χ1v) is 3.34. The van der Waals surface area contributed by atoms with Crippen molar-refractivity contribution in [2.75, 3.05) is 0 Å². The van der Waals surface area contributed by atoms with Gasteiger partial charge < -0.3 is 9.59 Å². The average molecular weight is 247 g/mol. The van der Waals surface area contributed by atoms with E-state index < -0.39 is 0 Å². The number of carbonyl (C=O) groups excluding carboxylic acids is 2. The molecule has 0 aliphatic carbocycles. The molecule has 0 aliphatic heterocycles. The molecular weight excluding hydrogens is 232 g/mol. The molecule has 0 bridgehead atoms. The van der Waals surface area contributed by atoms with Crippen LogP contribution >= 0.6 is 0 Å². The van der Waals surface area contributed by atoms with Crippen LogP contribution in [0.5, 0.6) is 0 Å². The van der Waals surface area contributed by atoms with E-state index in [-0.39, 0.29) is 40.6 Å². The van der Waals surface area contributed by atoms with Gasteiger partial charge in [0.1, 0.15) is 0 Å². The quantitative estimate of drug-likeness (QED) is 0.479. The van der Waals surface area contributed by atoms with Gasteiger partial charge in [-0.05, 0) is 0 Å². The second-order valence-corrected chi connectivity index (χ2v) is 0.408. The van der Waals surface area contributed by atoms with Crippen LogP contribution < -0.4 is 0 Å². The molecule has 0 heterocycles. The van der Waals surface area contributed by atoms with Crippen LogP contribution in [0.25, 0.3) is 0 Å². The summed E-state index contributed by atoms with van der Waals surface area (Å²) in [6.45, 7) is 2.64. The summed E-state index contributed by atoms with van der Waals surface area (Å²) in [5.74, 6) is 0. The summed E-state index contributed by atoms with van der Waals surface area (Å²) in [5.41, 5.74) is 0. The minimum atomic E-state index is -0.1000. The molecule has 0 aromatic carbocycles. The first-order valence-electron chi connectivity index (χ1n) is 1.70. The van der Waals surface area contributed by atoms with Crippen molar-refractivity contribution >= 4 is 12.6 Å². The van der Waals surface area contributed by atoms with Crippen LogP contribution in [0.15, 0.2) is 0 Å². The van der Waals surface area contributed by atoms with Gasteiger partial charge in [0.05, 0.1) is 0 Å². The summed E-state index contributed by atoms with van der Waals surface area (Å²) >= 11 is -0.1000. The van der Waals surface area contributed by atoms with Crippen LogP contribution in [-0.2, 0) is 38.1 Å².